The highest BCUT2D eigenvalue weighted by atomic mass is 32.3. The summed E-state index contributed by atoms with van der Waals surface area (Å²) in [7, 11) is -4.34. The summed E-state index contributed by atoms with van der Waals surface area (Å²) >= 11 is 0. The fraction of sp³-hybridized carbons (Fsp3) is 1.00. The van der Waals surface area contributed by atoms with Crippen molar-refractivity contribution in [2.75, 3.05) is 6.61 Å². The average molecular weight is 575 g/mol. The minimum Gasteiger partial charge on any atom is -0.264 e. The van der Waals surface area contributed by atoms with Crippen LogP contribution < -0.4 is 0 Å². The van der Waals surface area contributed by atoms with Crippen molar-refractivity contribution >= 4 is 10.4 Å². The summed E-state index contributed by atoms with van der Waals surface area (Å²) in [5, 5.41) is 0. The van der Waals surface area contributed by atoms with Crippen molar-refractivity contribution in [3.05, 3.63) is 0 Å². The quantitative estimate of drug-likeness (QED) is 0.0625. The van der Waals surface area contributed by atoms with Gasteiger partial charge in [-0.2, -0.15) is 8.42 Å². The Labute approximate surface area is 246 Å². The van der Waals surface area contributed by atoms with Crippen LogP contribution in [0.3, 0.4) is 0 Å². The predicted octanol–water partition coefficient (Wildman–Crippen LogP) is 12.2. The van der Waals surface area contributed by atoms with Crippen LogP contribution in [0.2, 0.25) is 0 Å². The van der Waals surface area contributed by atoms with Gasteiger partial charge in [-0.3, -0.25) is 4.55 Å². The van der Waals surface area contributed by atoms with Crippen LogP contribution in [0.4, 0.5) is 0 Å². The fourth-order valence-corrected chi connectivity index (χ4v) is 6.11. The van der Waals surface area contributed by atoms with Crippen molar-refractivity contribution in [1.29, 1.82) is 0 Å². The van der Waals surface area contributed by atoms with Crippen LogP contribution in [-0.4, -0.2) is 19.6 Å². The van der Waals surface area contributed by atoms with E-state index in [1.165, 1.54) is 167 Å². The largest absolute Gasteiger partial charge is 0.397 e. The van der Waals surface area contributed by atoms with Gasteiger partial charge in [0, 0.05) is 0 Å². The lowest BCUT2D eigenvalue weighted by Gasteiger charge is -2.16. The number of unbranched alkanes of at least 4 members (excludes halogenated alkanes) is 26. The van der Waals surface area contributed by atoms with Crippen LogP contribution in [0, 0.1) is 5.92 Å². The Morgan fingerprint density at radius 3 is 0.897 bits per heavy atom. The van der Waals surface area contributed by atoms with Gasteiger partial charge in [0.2, 0.25) is 0 Å². The van der Waals surface area contributed by atoms with Gasteiger partial charge in [0.05, 0.1) is 6.61 Å². The van der Waals surface area contributed by atoms with Gasteiger partial charge in [0.15, 0.2) is 0 Å². The van der Waals surface area contributed by atoms with Crippen LogP contribution >= 0.6 is 0 Å². The van der Waals surface area contributed by atoms with Gasteiger partial charge >= 0.3 is 10.4 Å². The molecule has 0 aliphatic carbocycles. The first kappa shape index (κ1) is 38.9. The molecule has 0 saturated carbocycles. The normalized spacial score (nSPS) is 12.8. The predicted molar refractivity (Wildman–Crippen MR) is 171 cm³/mol. The van der Waals surface area contributed by atoms with Crippen molar-refractivity contribution in [2.45, 2.75) is 206 Å². The van der Waals surface area contributed by atoms with E-state index in [4.69, 9.17) is 8.74 Å². The Bertz CT molecular complexity index is 564. The highest BCUT2D eigenvalue weighted by Gasteiger charge is 2.13. The molecule has 0 aromatic heterocycles. The highest BCUT2D eigenvalue weighted by Crippen LogP contribution is 2.21. The Balaban J connectivity index is 3.66. The zero-order chi connectivity index (χ0) is 28.7. The van der Waals surface area contributed by atoms with Crippen molar-refractivity contribution in [1.82, 2.24) is 0 Å². The second-order valence-electron chi connectivity index (χ2n) is 12.3. The minimum absolute atomic E-state index is 0.134. The molecule has 0 rings (SSSR count). The molecule has 0 aliphatic rings. The summed E-state index contributed by atoms with van der Waals surface area (Å²) in [6.45, 7) is 4.68. The summed E-state index contributed by atoms with van der Waals surface area (Å²) in [6.07, 6.45) is 39.8. The van der Waals surface area contributed by atoms with E-state index in [-0.39, 0.29) is 12.5 Å². The standard InChI is InChI=1S/C34H70O4S/c1-3-5-7-9-11-13-15-16-17-18-19-20-22-24-26-28-30-32-34(33-38-39(35,36)37)31-29-27-25-23-21-14-12-10-8-6-4-2/h34H,3-33H2,1-2H3,(H,35,36,37). The highest BCUT2D eigenvalue weighted by molar-refractivity contribution is 7.80. The number of rotatable bonds is 33. The minimum atomic E-state index is -4.34. The van der Waals surface area contributed by atoms with Crippen LogP contribution in [0.25, 0.3) is 0 Å². The topological polar surface area (TPSA) is 63.6 Å². The molecule has 236 valence electrons. The van der Waals surface area contributed by atoms with Gasteiger partial charge < -0.3 is 0 Å². The Hall–Kier alpha value is -0.130. The first-order valence-corrected chi connectivity index (χ1v) is 19.0. The Morgan fingerprint density at radius 2 is 0.667 bits per heavy atom. The van der Waals surface area contributed by atoms with Crippen molar-refractivity contribution < 1.29 is 17.2 Å². The molecule has 0 radical (unpaired) electrons. The van der Waals surface area contributed by atoms with E-state index in [0.717, 1.165) is 25.7 Å². The SMILES string of the molecule is CCCCCCCCCCCCCCCCCCCC(CCCCCCCCCCCCC)COS(=O)(=O)O. The molecule has 1 N–H and O–H groups in total. The second-order valence-corrected chi connectivity index (χ2v) is 13.4. The van der Waals surface area contributed by atoms with E-state index in [1.807, 2.05) is 0 Å². The van der Waals surface area contributed by atoms with Crippen molar-refractivity contribution in [3.63, 3.8) is 0 Å². The van der Waals surface area contributed by atoms with E-state index >= 15 is 0 Å². The van der Waals surface area contributed by atoms with Crippen molar-refractivity contribution in [2.24, 2.45) is 5.92 Å². The van der Waals surface area contributed by atoms with Crippen LogP contribution in [0.15, 0.2) is 0 Å². The molecule has 0 bridgehead atoms. The molecule has 0 aliphatic heterocycles. The molecule has 0 spiro atoms. The molecule has 0 aromatic rings. The summed E-state index contributed by atoms with van der Waals surface area (Å²) in [4.78, 5) is 0. The van der Waals surface area contributed by atoms with Gasteiger partial charge in [-0.15, -0.1) is 0 Å². The number of hydrogen-bond donors (Lipinski definition) is 1. The molecular weight excluding hydrogens is 504 g/mol. The lowest BCUT2D eigenvalue weighted by atomic mass is 9.94. The third-order valence-corrected chi connectivity index (χ3v) is 8.82. The lowest BCUT2D eigenvalue weighted by Crippen LogP contribution is -2.14. The van der Waals surface area contributed by atoms with E-state index in [0.29, 0.717) is 0 Å². The molecule has 5 heteroatoms. The second kappa shape index (κ2) is 30.8. The Morgan fingerprint density at radius 1 is 0.436 bits per heavy atom. The molecule has 39 heavy (non-hydrogen) atoms. The summed E-state index contributed by atoms with van der Waals surface area (Å²) in [6, 6.07) is 0. The maximum Gasteiger partial charge on any atom is 0.397 e. The first-order chi connectivity index (χ1) is 19.0. The summed E-state index contributed by atoms with van der Waals surface area (Å²) in [5.41, 5.74) is 0. The van der Waals surface area contributed by atoms with Gasteiger partial charge in [-0.05, 0) is 18.8 Å². The zero-order valence-corrected chi connectivity index (χ0v) is 27.4. The third-order valence-electron chi connectivity index (χ3n) is 8.38. The summed E-state index contributed by atoms with van der Waals surface area (Å²) in [5.74, 6) is 0.238. The first-order valence-electron chi connectivity index (χ1n) is 17.6. The molecule has 0 fully saturated rings. The van der Waals surface area contributed by atoms with E-state index < -0.39 is 10.4 Å². The molecule has 0 amide bonds. The third kappa shape index (κ3) is 34.0. The van der Waals surface area contributed by atoms with E-state index in [9.17, 15) is 8.42 Å². The number of hydrogen-bond acceptors (Lipinski definition) is 3. The molecule has 0 heterocycles. The molecule has 4 nitrogen and oxygen atoms in total. The van der Waals surface area contributed by atoms with Crippen LogP contribution in [-0.2, 0) is 14.6 Å². The maximum atomic E-state index is 11.1. The molecular formula is C34H70O4S. The lowest BCUT2D eigenvalue weighted by molar-refractivity contribution is 0.204. The monoisotopic (exact) mass is 574 g/mol. The average Bonchev–Trinajstić information content (AvgIpc) is 2.91. The van der Waals surface area contributed by atoms with Gasteiger partial charge in [0.25, 0.3) is 0 Å². The van der Waals surface area contributed by atoms with Gasteiger partial charge in [0.1, 0.15) is 0 Å². The molecule has 0 saturated heterocycles. The van der Waals surface area contributed by atoms with Gasteiger partial charge in [-0.1, -0.05) is 194 Å². The zero-order valence-electron chi connectivity index (χ0n) is 26.6. The van der Waals surface area contributed by atoms with Crippen molar-refractivity contribution in [3.8, 4) is 0 Å². The van der Waals surface area contributed by atoms with E-state index in [1.54, 1.807) is 0 Å². The van der Waals surface area contributed by atoms with Gasteiger partial charge in [-0.25, -0.2) is 4.18 Å². The Kier molecular flexibility index (Phi) is 30.7. The van der Waals surface area contributed by atoms with E-state index in [2.05, 4.69) is 13.8 Å². The summed E-state index contributed by atoms with van der Waals surface area (Å²) < 4.78 is 35.9. The molecule has 1 atom stereocenters. The van der Waals surface area contributed by atoms with Crippen LogP contribution in [0.5, 0.6) is 0 Å². The maximum absolute atomic E-state index is 11.1. The molecule has 1 unspecified atom stereocenters. The van der Waals surface area contributed by atoms with Crippen LogP contribution in [0.1, 0.15) is 206 Å². The smallest absolute Gasteiger partial charge is 0.264 e. The fourth-order valence-electron chi connectivity index (χ4n) is 5.75. The molecule has 0 aromatic carbocycles.